The number of aromatic nitrogens is 2. The number of rotatable bonds is 3. The Balaban J connectivity index is 1.77. The Morgan fingerprint density at radius 3 is 3.33 bits per heavy atom. The molecule has 3 rings (SSSR count). The first kappa shape index (κ1) is 11.9. The fourth-order valence-electron chi connectivity index (χ4n) is 2.56. The van der Waals surface area contributed by atoms with Crippen LogP contribution in [0.4, 0.5) is 5.82 Å². The molecule has 2 aromatic heterocycles. The van der Waals surface area contributed by atoms with Gasteiger partial charge in [0.05, 0.1) is 5.39 Å². The molecule has 2 aromatic rings. The van der Waals surface area contributed by atoms with Crippen LogP contribution in [-0.4, -0.2) is 40.5 Å². The molecule has 1 fully saturated rings. The normalized spacial score (nSPS) is 21.3. The first-order chi connectivity index (χ1) is 8.86. The molecule has 0 aliphatic carbocycles. The Hall–Kier alpha value is -1.20. The average molecular weight is 262 g/mol. The standard InChI is InChI=1S/C13H18N4S/c1-2-17-6-3-4-10(8-17)16-12-11-5-7-18-13(11)15-9-14-12/h5,7,9-10H,2-4,6,8H2,1H3,(H,14,15,16). The van der Waals surface area contributed by atoms with Crippen molar-refractivity contribution in [1.82, 2.24) is 14.9 Å². The zero-order chi connectivity index (χ0) is 12.4. The fourth-order valence-corrected chi connectivity index (χ4v) is 3.29. The van der Waals surface area contributed by atoms with Gasteiger partial charge in [-0.2, -0.15) is 0 Å². The predicted octanol–water partition coefficient (Wildman–Crippen LogP) is 2.59. The summed E-state index contributed by atoms with van der Waals surface area (Å²) in [6.07, 6.45) is 4.15. The van der Waals surface area contributed by atoms with Crippen molar-refractivity contribution < 1.29 is 0 Å². The molecule has 96 valence electrons. The van der Waals surface area contributed by atoms with Crippen molar-refractivity contribution in [2.45, 2.75) is 25.8 Å². The van der Waals surface area contributed by atoms with E-state index in [2.05, 4.69) is 38.6 Å². The van der Waals surface area contributed by atoms with Crippen molar-refractivity contribution in [2.75, 3.05) is 25.0 Å². The third-order valence-electron chi connectivity index (χ3n) is 3.56. The minimum absolute atomic E-state index is 0.511. The quantitative estimate of drug-likeness (QED) is 0.923. The van der Waals surface area contributed by atoms with E-state index >= 15 is 0 Å². The van der Waals surface area contributed by atoms with E-state index in [9.17, 15) is 0 Å². The maximum atomic E-state index is 4.39. The molecule has 0 bridgehead atoms. The molecule has 0 radical (unpaired) electrons. The van der Waals surface area contributed by atoms with Crippen molar-refractivity contribution in [3.63, 3.8) is 0 Å². The Morgan fingerprint density at radius 1 is 1.50 bits per heavy atom. The van der Waals surface area contributed by atoms with Gasteiger partial charge in [0.2, 0.25) is 0 Å². The number of nitrogens with zero attached hydrogens (tertiary/aromatic N) is 3. The van der Waals surface area contributed by atoms with Gasteiger partial charge in [0.15, 0.2) is 0 Å². The molecule has 0 spiro atoms. The zero-order valence-corrected chi connectivity index (χ0v) is 11.4. The number of hydrogen-bond donors (Lipinski definition) is 1. The largest absolute Gasteiger partial charge is 0.365 e. The molecule has 0 saturated carbocycles. The SMILES string of the molecule is CCN1CCCC(Nc2ncnc3sccc23)C1. The van der Waals surface area contributed by atoms with Gasteiger partial charge in [0.1, 0.15) is 17.0 Å². The highest BCUT2D eigenvalue weighted by molar-refractivity contribution is 7.16. The van der Waals surface area contributed by atoms with Crippen LogP contribution in [0, 0.1) is 0 Å². The highest BCUT2D eigenvalue weighted by atomic mass is 32.1. The molecule has 1 atom stereocenters. The van der Waals surface area contributed by atoms with Gasteiger partial charge in [-0.15, -0.1) is 11.3 Å². The molecule has 4 nitrogen and oxygen atoms in total. The lowest BCUT2D eigenvalue weighted by atomic mass is 10.1. The van der Waals surface area contributed by atoms with Gasteiger partial charge in [0, 0.05) is 12.6 Å². The topological polar surface area (TPSA) is 41.0 Å². The van der Waals surface area contributed by atoms with Crippen LogP contribution in [0.3, 0.4) is 0 Å². The molecule has 5 heteroatoms. The minimum Gasteiger partial charge on any atom is -0.365 e. The summed E-state index contributed by atoms with van der Waals surface area (Å²) in [6, 6.07) is 2.61. The number of anilines is 1. The van der Waals surface area contributed by atoms with Crippen LogP contribution in [0.1, 0.15) is 19.8 Å². The van der Waals surface area contributed by atoms with E-state index in [1.54, 1.807) is 17.7 Å². The lowest BCUT2D eigenvalue weighted by molar-refractivity contribution is 0.226. The maximum absolute atomic E-state index is 4.39. The number of likely N-dealkylation sites (N-methyl/N-ethyl adjacent to an activating group) is 1. The summed E-state index contributed by atoms with van der Waals surface area (Å²) in [4.78, 5) is 12.2. The molecule has 1 saturated heterocycles. The molecular formula is C13H18N4S. The molecule has 0 aromatic carbocycles. The van der Waals surface area contributed by atoms with E-state index in [1.165, 1.54) is 19.4 Å². The van der Waals surface area contributed by atoms with Crippen molar-refractivity contribution in [3.05, 3.63) is 17.8 Å². The summed E-state index contributed by atoms with van der Waals surface area (Å²) in [5, 5.41) is 6.81. The van der Waals surface area contributed by atoms with Crippen LogP contribution in [0.25, 0.3) is 10.2 Å². The average Bonchev–Trinajstić information content (AvgIpc) is 2.88. The smallest absolute Gasteiger partial charge is 0.138 e. The molecular weight excluding hydrogens is 244 g/mol. The molecule has 18 heavy (non-hydrogen) atoms. The van der Waals surface area contributed by atoms with Crippen molar-refractivity contribution in [1.29, 1.82) is 0 Å². The first-order valence-electron chi connectivity index (χ1n) is 6.54. The Kier molecular flexibility index (Phi) is 3.43. The number of likely N-dealkylation sites (tertiary alicyclic amines) is 1. The number of piperidine rings is 1. The molecule has 1 aliphatic rings. The van der Waals surface area contributed by atoms with Gasteiger partial charge in [-0.3, -0.25) is 0 Å². The highest BCUT2D eigenvalue weighted by Gasteiger charge is 2.19. The fraction of sp³-hybridized carbons (Fsp3) is 0.538. The van der Waals surface area contributed by atoms with E-state index in [4.69, 9.17) is 0 Å². The summed E-state index contributed by atoms with van der Waals surface area (Å²) in [7, 11) is 0. The Labute approximate surface area is 111 Å². The first-order valence-corrected chi connectivity index (χ1v) is 7.42. The molecule has 0 amide bonds. The van der Waals surface area contributed by atoms with E-state index in [1.807, 2.05) is 0 Å². The summed E-state index contributed by atoms with van der Waals surface area (Å²) in [5.74, 6) is 0.990. The van der Waals surface area contributed by atoms with Gasteiger partial charge in [-0.05, 0) is 37.4 Å². The van der Waals surface area contributed by atoms with E-state index in [0.717, 1.165) is 29.1 Å². The van der Waals surface area contributed by atoms with Gasteiger partial charge in [-0.1, -0.05) is 6.92 Å². The van der Waals surface area contributed by atoms with Gasteiger partial charge >= 0.3 is 0 Å². The van der Waals surface area contributed by atoms with E-state index in [-0.39, 0.29) is 0 Å². The Bertz CT molecular complexity index is 524. The lowest BCUT2D eigenvalue weighted by Crippen LogP contribution is -2.42. The molecule has 1 aliphatic heterocycles. The van der Waals surface area contributed by atoms with Crippen LogP contribution < -0.4 is 5.32 Å². The summed E-state index contributed by atoms with van der Waals surface area (Å²) >= 11 is 1.67. The third-order valence-corrected chi connectivity index (χ3v) is 4.38. The van der Waals surface area contributed by atoms with Gasteiger partial charge in [-0.25, -0.2) is 9.97 Å². The number of fused-ring (bicyclic) bond motifs is 1. The Morgan fingerprint density at radius 2 is 2.44 bits per heavy atom. The van der Waals surface area contributed by atoms with E-state index < -0.39 is 0 Å². The summed E-state index contributed by atoms with van der Waals surface area (Å²) in [5.41, 5.74) is 0. The highest BCUT2D eigenvalue weighted by Crippen LogP contribution is 2.25. The molecule has 1 unspecified atom stereocenters. The second-order valence-electron chi connectivity index (χ2n) is 4.74. The second-order valence-corrected chi connectivity index (χ2v) is 5.63. The third kappa shape index (κ3) is 2.33. The van der Waals surface area contributed by atoms with Crippen LogP contribution in [0.15, 0.2) is 17.8 Å². The second kappa shape index (κ2) is 5.20. The number of hydrogen-bond acceptors (Lipinski definition) is 5. The van der Waals surface area contributed by atoms with Crippen LogP contribution in [0.2, 0.25) is 0 Å². The maximum Gasteiger partial charge on any atom is 0.138 e. The van der Waals surface area contributed by atoms with Crippen molar-refractivity contribution >= 4 is 27.4 Å². The van der Waals surface area contributed by atoms with Crippen LogP contribution >= 0.6 is 11.3 Å². The van der Waals surface area contributed by atoms with E-state index in [0.29, 0.717) is 6.04 Å². The van der Waals surface area contributed by atoms with Crippen LogP contribution in [0.5, 0.6) is 0 Å². The molecule has 1 N–H and O–H groups in total. The lowest BCUT2D eigenvalue weighted by Gasteiger charge is -2.32. The minimum atomic E-state index is 0.511. The zero-order valence-electron chi connectivity index (χ0n) is 10.6. The van der Waals surface area contributed by atoms with Gasteiger partial charge < -0.3 is 10.2 Å². The van der Waals surface area contributed by atoms with Crippen LogP contribution in [-0.2, 0) is 0 Å². The monoisotopic (exact) mass is 262 g/mol. The molecule has 3 heterocycles. The summed E-state index contributed by atoms with van der Waals surface area (Å²) < 4.78 is 0. The van der Waals surface area contributed by atoms with Crippen molar-refractivity contribution in [2.24, 2.45) is 0 Å². The number of thiophene rings is 1. The van der Waals surface area contributed by atoms with Crippen molar-refractivity contribution in [3.8, 4) is 0 Å². The number of nitrogens with one attached hydrogen (secondary N) is 1. The van der Waals surface area contributed by atoms with Gasteiger partial charge in [0.25, 0.3) is 0 Å². The predicted molar refractivity (Wildman–Crippen MR) is 76.2 cm³/mol. The summed E-state index contributed by atoms with van der Waals surface area (Å²) in [6.45, 7) is 5.71.